The number of ether oxygens (including phenoxy) is 1. The third-order valence-corrected chi connectivity index (χ3v) is 5.75. The molecule has 4 nitrogen and oxygen atoms in total. The fraction of sp³-hybridized carbons (Fsp3) is 0.650. The second-order valence-electron chi connectivity index (χ2n) is 7.92. The van der Waals surface area contributed by atoms with Gasteiger partial charge in [-0.1, -0.05) is 45.4 Å². The average Bonchev–Trinajstić information content (AvgIpc) is 2.95. The third kappa shape index (κ3) is 3.16. The minimum atomic E-state index is -1.25. The molecule has 1 saturated carbocycles. The number of hydrogen-bond donors (Lipinski definition) is 2. The molecule has 3 rings (SSSR count). The molecule has 1 aromatic carbocycles. The van der Waals surface area contributed by atoms with Crippen molar-refractivity contribution in [1.82, 2.24) is 5.32 Å². The number of para-hydroxylation sites is 1. The van der Waals surface area contributed by atoms with Crippen LogP contribution >= 0.6 is 0 Å². The Kier molecular flexibility index (Phi) is 4.86. The van der Waals surface area contributed by atoms with Crippen molar-refractivity contribution in [3.05, 3.63) is 29.8 Å². The van der Waals surface area contributed by atoms with Gasteiger partial charge in [-0.15, -0.1) is 0 Å². The Morgan fingerprint density at radius 1 is 1.38 bits per heavy atom. The van der Waals surface area contributed by atoms with Crippen molar-refractivity contribution in [3.8, 4) is 5.75 Å². The molecule has 1 amide bonds. The van der Waals surface area contributed by atoms with Crippen molar-refractivity contribution in [2.75, 3.05) is 13.2 Å². The monoisotopic (exact) mass is 331 g/mol. The summed E-state index contributed by atoms with van der Waals surface area (Å²) < 4.78 is 5.68. The minimum absolute atomic E-state index is 0.0285. The quantitative estimate of drug-likeness (QED) is 0.891. The number of carbonyl (C=O) groups excluding carboxylic acids is 1. The normalized spacial score (nSPS) is 32.3. The maximum atomic E-state index is 12.8. The molecule has 1 unspecified atom stereocenters. The van der Waals surface area contributed by atoms with E-state index in [0.29, 0.717) is 31.4 Å². The van der Waals surface area contributed by atoms with Crippen molar-refractivity contribution >= 4 is 5.91 Å². The van der Waals surface area contributed by atoms with Crippen molar-refractivity contribution < 1.29 is 14.6 Å². The molecule has 24 heavy (non-hydrogen) atoms. The molecule has 0 bridgehead atoms. The van der Waals surface area contributed by atoms with Crippen molar-refractivity contribution in [2.45, 2.75) is 51.6 Å². The Labute approximate surface area is 144 Å². The van der Waals surface area contributed by atoms with Gasteiger partial charge in [0.15, 0.2) is 0 Å². The molecule has 0 aromatic heterocycles. The molecule has 1 heterocycles. The van der Waals surface area contributed by atoms with Gasteiger partial charge in [0.25, 0.3) is 5.91 Å². The number of aliphatic hydroxyl groups is 1. The van der Waals surface area contributed by atoms with Crippen LogP contribution in [0, 0.1) is 17.8 Å². The number of rotatable bonds is 4. The molecule has 2 aliphatic rings. The van der Waals surface area contributed by atoms with Gasteiger partial charge in [0.05, 0.1) is 6.61 Å². The first-order valence-corrected chi connectivity index (χ1v) is 9.14. The molecular formula is C20H29NO3. The highest BCUT2D eigenvalue weighted by Crippen LogP contribution is 2.41. The molecular weight excluding hydrogens is 302 g/mol. The van der Waals surface area contributed by atoms with Crippen molar-refractivity contribution in [1.29, 1.82) is 0 Å². The first kappa shape index (κ1) is 17.3. The van der Waals surface area contributed by atoms with Crippen LogP contribution in [0.15, 0.2) is 24.3 Å². The lowest BCUT2D eigenvalue weighted by atomic mass is 9.66. The van der Waals surface area contributed by atoms with Gasteiger partial charge < -0.3 is 15.2 Å². The van der Waals surface area contributed by atoms with E-state index in [1.165, 1.54) is 0 Å². The van der Waals surface area contributed by atoms with Gasteiger partial charge in [-0.05, 0) is 36.7 Å². The maximum absolute atomic E-state index is 12.8. The molecule has 132 valence electrons. The third-order valence-electron chi connectivity index (χ3n) is 5.75. The summed E-state index contributed by atoms with van der Waals surface area (Å²) in [5.74, 6) is 1.56. The molecule has 1 fully saturated rings. The van der Waals surface area contributed by atoms with E-state index in [1.54, 1.807) is 0 Å². The van der Waals surface area contributed by atoms with Crippen LogP contribution in [0.25, 0.3) is 0 Å². The molecule has 0 spiro atoms. The Bertz CT molecular complexity index is 600. The highest BCUT2D eigenvalue weighted by molar-refractivity contribution is 5.85. The zero-order valence-electron chi connectivity index (χ0n) is 14.9. The van der Waals surface area contributed by atoms with Crippen LogP contribution in [0.2, 0.25) is 0 Å². The lowest BCUT2D eigenvalue weighted by Crippen LogP contribution is -2.56. The number of carbonyl (C=O) groups is 1. The van der Waals surface area contributed by atoms with E-state index in [1.807, 2.05) is 24.3 Å². The zero-order chi connectivity index (χ0) is 17.3. The van der Waals surface area contributed by atoms with E-state index >= 15 is 0 Å². The summed E-state index contributed by atoms with van der Waals surface area (Å²) in [6.07, 6.45) is 2.56. The predicted molar refractivity (Wildman–Crippen MR) is 94.0 cm³/mol. The Morgan fingerprint density at radius 3 is 2.88 bits per heavy atom. The molecule has 0 radical (unpaired) electrons. The first-order valence-electron chi connectivity index (χ1n) is 9.14. The second-order valence-corrected chi connectivity index (χ2v) is 7.92. The summed E-state index contributed by atoms with van der Waals surface area (Å²) in [5.41, 5.74) is -0.104. The highest BCUT2D eigenvalue weighted by atomic mass is 16.5. The standard InChI is InChI=1S/C20H29NO3/c1-13(2)17-9-8-14(3)10-20(17,23)19(22)21-11-15-12-24-18-7-5-4-6-16(15)18/h4-7,13-15,17,23H,8-12H2,1-3H3,(H,21,22)/t14-,15?,17+,20+/m1/s1. The van der Waals surface area contributed by atoms with Crippen LogP contribution < -0.4 is 10.1 Å². The largest absolute Gasteiger partial charge is 0.493 e. The van der Waals surface area contributed by atoms with Crippen LogP contribution in [0.4, 0.5) is 0 Å². The number of amides is 1. The highest BCUT2D eigenvalue weighted by Gasteiger charge is 2.48. The number of fused-ring (bicyclic) bond motifs is 1. The maximum Gasteiger partial charge on any atom is 0.252 e. The van der Waals surface area contributed by atoms with Gasteiger partial charge in [-0.25, -0.2) is 0 Å². The van der Waals surface area contributed by atoms with Gasteiger partial charge in [0, 0.05) is 18.0 Å². The van der Waals surface area contributed by atoms with E-state index in [0.717, 1.165) is 24.2 Å². The molecule has 0 saturated heterocycles. The van der Waals surface area contributed by atoms with Gasteiger partial charge in [0.2, 0.25) is 0 Å². The van der Waals surface area contributed by atoms with Crippen molar-refractivity contribution in [2.24, 2.45) is 17.8 Å². The fourth-order valence-electron chi connectivity index (χ4n) is 4.40. The number of hydrogen-bond acceptors (Lipinski definition) is 3. The lowest BCUT2D eigenvalue weighted by molar-refractivity contribution is -0.155. The summed E-state index contributed by atoms with van der Waals surface area (Å²) >= 11 is 0. The van der Waals surface area contributed by atoms with Gasteiger partial charge in [-0.3, -0.25) is 4.79 Å². The Hall–Kier alpha value is -1.55. The van der Waals surface area contributed by atoms with Gasteiger partial charge in [0.1, 0.15) is 11.4 Å². The number of nitrogens with one attached hydrogen (secondary N) is 1. The summed E-state index contributed by atoms with van der Waals surface area (Å²) in [4.78, 5) is 12.8. The summed E-state index contributed by atoms with van der Waals surface area (Å²) in [5, 5.41) is 14.2. The van der Waals surface area contributed by atoms with E-state index < -0.39 is 5.60 Å². The molecule has 4 atom stereocenters. The van der Waals surface area contributed by atoms with Crippen LogP contribution in [-0.4, -0.2) is 29.8 Å². The van der Waals surface area contributed by atoms with Crippen LogP contribution in [0.5, 0.6) is 5.75 Å². The summed E-state index contributed by atoms with van der Waals surface area (Å²) in [6.45, 7) is 7.41. The molecule has 1 aliphatic heterocycles. The lowest BCUT2D eigenvalue weighted by Gasteiger charge is -2.43. The van der Waals surface area contributed by atoms with E-state index in [9.17, 15) is 9.90 Å². The molecule has 2 N–H and O–H groups in total. The summed E-state index contributed by atoms with van der Waals surface area (Å²) in [6, 6.07) is 7.96. The van der Waals surface area contributed by atoms with Crippen molar-refractivity contribution in [3.63, 3.8) is 0 Å². The first-order chi connectivity index (χ1) is 11.4. The van der Waals surface area contributed by atoms with Gasteiger partial charge in [-0.2, -0.15) is 0 Å². The smallest absolute Gasteiger partial charge is 0.252 e. The minimum Gasteiger partial charge on any atom is -0.493 e. The second kappa shape index (κ2) is 6.75. The molecule has 1 aromatic rings. The fourth-order valence-corrected chi connectivity index (χ4v) is 4.40. The van der Waals surface area contributed by atoms with Gasteiger partial charge >= 0.3 is 0 Å². The van der Waals surface area contributed by atoms with E-state index in [4.69, 9.17) is 4.74 Å². The Balaban J connectivity index is 1.67. The Morgan fingerprint density at radius 2 is 2.12 bits per heavy atom. The van der Waals surface area contributed by atoms with E-state index in [2.05, 4.69) is 26.1 Å². The van der Waals surface area contributed by atoms with Crippen LogP contribution in [-0.2, 0) is 4.79 Å². The SMILES string of the molecule is CC(C)[C@@H]1CC[C@@H](C)C[C@@]1(O)C(=O)NCC1COc2ccccc21. The van der Waals surface area contributed by atoms with E-state index in [-0.39, 0.29) is 17.7 Å². The van der Waals surface area contributed by atoms with Crippen LogP contribution in [0.1, 0.15) is 51.5 Å². The average molecular weight is 331 g/mol. The summed E-state index contributed by atoms with van der Waals surface area (Å²) in [7, 11) is 0. The number of benzene rings is 1. The molecule has 4 heteroatoms. The zero-order valence-corrected chi connectivity index (χ0v) is 14.9. The van der Waals surface area contributed by atoms with Crippen LogP contribution in [0.3, 0.4) is 0 Å². The topological polar surface area (TPSA) is 58.6 Å². The molecule has 1 aliphatic carbocycles. The predicted octanol–water partition coefficient (Wildman–Crippen LogP) is 3.10.